The number of benzene rings is 1. The van der Waals surface area contributed by atoms with Crippen molar-refractivity contribution in [3.05, 3.63) is 29.8 Å². The first-order valence-corrected chi connectivity index (χ1v) is 10.7. The van der Waals surface area contributed by atoms with Crippen LogP contribution in [0.4, 0.5) is 5.69 Å². The summed E-state index contributed by atoms with van der Waals surface area (Å²) in [7, 11) is 0. The maximum Gasteiger partial charge on any atom is 0.253 e. The van der Waals surface area contributed by atoms with Gasteiger partial charge in [-0.1, -0.05) is 25.0 Å². The molecule has 0 aromatic heterocycles. The van der Waals surface area contributed by atoms with Gasteiger partial charge in [0.2, 0.25) is 11.8 Å². The molecule has 7 heteroatoms. The summed E-state index contributed by atoms with van der Waals surface area (Å²) >= 11 is 0. The maximum absolute atomic E-state index is 12.8. The SMILES string of the molecule is O=C(NC[C@H]1CCCO1)c1ccccc1NC(=O)[C@H]1CC(=O)N(C2CCCC2)C1. The summed E-state index contributed by atoms with van der Waals surface area (Å²) in [5.41, 5.74) is 0.907. The minimum Gasteiger partial charge on any atom is -0.376 e. The molecule has 1 saturated carbocycles. The van der Waals surface area contributed by atoms with Gasteiger partial charge >= 0.3 is 0 Å². The topological polar surface area (TPSA) is 87.7 Å². The molecule has 3 aliphatic rings. The third-order valence-corrected chi connectivity index (χ3v) is 6.24. The second-order valence-electron chi connectivity index (χ2n) is 8.27. The molecular formula is C22H29N3O4. The van der Waals surface area contributed by atoms with Crippen molar-refractivity contribution in [2.24, 2.45) is 5.92 Å². The standard InChI is InChI=1S/C22H29N3O4/c26-20-12-15(14-25(20)16-6-1-2-7-16)21(27)24-19-10-4-3-9-18(19)22(28)23-13-17-8-5-11-29-17/h3-4,9-10,15-17H,1-2,5-8,11-14H2,(H,23,28)(H,24,27)/t15-,17+/m0/s1. The minimum atomic E-state index is -0.369. The number of likely N-dealkylation sites (tertiary alicyclic amines) is 1. The molecule has 4 rings (SSSR count). The van der Waals surface area contributed by atoms with E-state index in [0.29, 0.717) is 24.3 Å². The van der Waals surface area contributed by atoms with E-state index >= 15 is 0 Å². The van der Waals surface area contributed by atoms with Crippen molar-refractivity contribution < 1.29 is 19.1 Å². The van der Waals surface area contributed by atoms with Gasteiger partial charge in [-0.2, -0.15) is 0 Å². The van der Waals surface area contributed by atoms with Crippen LogP contribution in [0.25, 0.3) is 0 Å². The average molecular weight is 399 g/mol. The fraction of sp³-hybridized carbons (Fsp3) is 0.591. The smallest absolute Gasteiger partial charge is 0.253 e. The molecule has 0 spiro atoms. The second kappa shape index (κ2) is 8.95. The number of para-hydroxylation sites is 1. The summed E-state index contributed by atoms with van der Waals surface area (Å²) in [5, 5.41) is 5.78. The van der Waals surface area contributed by atoms with E-state index in [9.17, 15) is 14.4 Å². The Hall–Kier alpha value is -2.41. The van der Waals surface area contributed by atoms with Gasteiger partial charge in [-0.3, -0.25) is 14.4 Å². The lowest BCUT2D eigenvalue weighted by Crippen LogP contribution is -2.36. The molecule has 0 bridgehead atoms. The third-order valence-electron chi connectivity index (χ3n) is 6.24. The van der Waals surface area contributed by atoms with E-state index in [1.807, 2.05) is 4.90 Å². The Kier molecular flexibility index (Phi) is 6.13. The van der Waals surface area contributed by atoms with E-state index in [4.69, 9.17) is 4.74 Å². The van der Waals surface area contributed by atoms with Crippen LogP contribution in [0.1, 0.15) is 55.3 Å². The monoisotopic (exact) mass is 399 g/mol. The van der Waals surface area contributed by atoms with E-state index in [-0.39, 0.29) is 42.2 Å². The van der Waals surface area contributed by atoms with Crippen LogP contribution in [0.15, 0.2) is 24.3 Å². The molecule has 3 amide bonds. The number of carbonyl (C=O) groups excluding carboxylic acids is 3. The second-order valence-corrected chi connectivity index (χ2v) is 8.27. The highest BCUT2D eigenvalue weighted by atomic mass is 16.5. The van der Waals surface area contributed by atoms with Crippen LogP contribution in [0.2, 0.25) is 0 Å². The highest BCUT2D eigenvalue weighted by molar-refractivity contribution is 6.05. The summed E-state index contributed by atoms with van der Waals surface area (Å²) in [5.74, 6) is -0.726. The van der Waals surface area contributed by atoms with Gasteiger partial charge in [0.25, 0.3) is 5.91 Å². The Bertz CT molecular complexity index is 769. The van der Waals surface area contributed by atoms with Crippen LogP contribution >= 0.6 is 0 Å². The molecule has 2 aliphatic heterocycles. The Balaban J connectivity index is 1.37. The maximum atomic E-state index is 12.8. The lowest BCUT2D eigenvalue weighted by molar-refractivity contribution is -0.129. The van der Waals surface area contributed by atoms with Crippen molar-refractivity contribution in [3.63, 3.8) is 0 Å². The third kappa shape index (κ3) is 4.61. The molecule has 1 aromatic carbocycles. The lowest BCUT2D eigenvalue weighted by Gasteiger charge is -2.24. The molecule has 0 unspecified atom stereocenters. The largest absolute Gasteiger partial charge is 0.376 e. The first-order chi connectivity index (χ1) is 14.1. The summed E-state index contributed by atoms with van der Waals surface area (Å²) in [6, 6.07) is 7.28. The van der Waals surface area contributed by atoms with Crippen molar-refractivity contribution in [1.82, 2.24) is 10.2 Å². The van der Waals surface area contributed by atoms with Gasteiger partial charge in [-0.05, 0) is 37.8 Å². The number of rotatable bonds is 6. The Morgan fingerprint density at radius 1 is 1.10 bits per heavy atom. The van der Waals surface area contributed by atoms with Crippen LogP contribution < -0.4 is 10.6 Å². The molecule has 156 valence electrons. The van der Waals surface area contributed by atoms with Crippen molar-refractivity contribution in [2.75, 3.05) is 25.0 Å². The Labute approximate surface area is 171 Å². The zero-order valence-corrected chi connectivity index (χ0v) is 16.7. The number of carbonyl (C=O) groups is 3. The summed E-state index contributed by atoms with van der Waals surface area (Å²) in [4.78, 5) is 39.7. The van der Waals surface area contributed by atoms with Crippen molar-refractivity contribution in [1.29, 1.82) is 0 Å². The van der Waals surface area contributed by atoms with Gasteiger partial charge in [0, 0.05) is 32.2 Å². The molecular weight excluding hydrogens is 370 g/mol. The number of ether oxygens (including phenoxy) is 1. The molecule has 2 N–H and O–H groups in total. The number of nitrogens with one attached hydrogen (secondary N) is 2. The predicted molar refractivity (Wildman–Crippen MR) is 108 cm³/mol. The van der Waals surface area contributed by atoms with Gasteiger partial charge in [-0.25, -0.2) is 0 Å². The quantitative estimate of drug-likeness (QED) is 0.769. The summed E-state index contributed by atoms with van der Waals surface area (Å²) in [6.45, 7) is 1.68. The number of hydrogen-bond acceptors (Lipinski definition) is 4. The van der Waals surface area contributed by atoms with Gasteiger partial charge in [-0.15, -0.1) is 0 Å². The van der Waals surface area contributed by atoms with Gasteiger partial charge in [0.1, 0.15) is 0 Å². The normalized spacial score (nSPS) is 24.8. The number of anilines is 1. The van der Waals surface area contributed by atoms with Gasteiger partial charge < -0.3 is 20.3 Å². The molecule has 2 heterocycles. The lowest BCUT2D eigenvalue weighted by atomic mass is 10.1. The Morgan fingerprint density at radius 2 is 1.90 bits per heavy atom. The van der Waals surface area contributed by atoms with Crippen LogP contribution in [-0.2, 0) is 14.3 Å². The van der Waals surface area contributed by atoms with E-state index in [1.165, 1.54) is 0 Å². The number of nitrogens with zero attached hydrogens (tertiary/aromatic N) is 1. The molecule has 2 saturated heterocycles. The van der Waals surface area contributed by atoms with E-state index in [1.54, 1.807) is 24.3 Å². The van der Waals surface area contributed by atoms with E-state index in [0.717, 1.165) is 45.1 Å². The fourth-order valence-electron chi connectivity index (χ4n) is 4.61. The van der Waals surface area contributed by atoms with Crippen molar-refractivity contribution in [3.8, 4) is 0 Å². The fourth-order valence-corrected chi connectivity index (χ4v) is 4.61. The molecule has 7 nitrogen and oxygen atoms in total. The molecule has 1 aromatic rings. The predicted octanol–water partition coefficient (Wildman–Crippen LogP) is 2.33. The van der Waals surface area contributed by atoms with Crippen LogP contribution in [0.3, 0.4) is 0 Å². The number of amides is 3. The molecule has 1 aliphatic carbocycles. The van der Waals surface area contributed by atoms with E-state index < -0.39 is 0 Å². The zero-order chi connectivity index (χ0) is 20.2. The molecule has 29 heavy (non-hydrogen) atoms. The molecule has 0 radical (unpaired) electrons. The highest BCUT2D eigenvalue weighted by Gasteiger charge is 2.38. The highest BCUT2D eigenvalue weighted by Crippen LogP contribution is 2.30. The minimum absolute atomic E-state index is 0.0618. The van der Waals surface area contributed by atoms with Gasteiger partial charge in [0.15, 0.2) is 0 Å². The number of hydrogen-bond donors (Lipinski definition) is 2. The molecule has 2 atom stereocenters. The molecule has 3 fully saturated rings. The van der Waals surface area contributed by atoms with Crippen LogP contribution in [-0.4, -0.2) is 54.5 Å². The van der Waals surface area contributed by atoms with Crippen LogP contribution in [0, 0.1) is 5.92 Å². The first-order valence-electron chi connectivity index (χ1n) is 10.7. The first kappa shape index (κ1) is 19.9. The van der Waals surface area contributed by atoms with Crippen molar-refractivity contribution in [2.45, 2.75) is 57.1 Å². The average Bonchev–Trinajstić information content (AvgIpc) is 3.48. The summed E-state index contributed by atoms with van der Waals surface area (Å²) in [6.07, 6.45) is 6.65. The van der Waals surface area contributed by atoms with Crippen molar-refractivity contribution >= 4 is 23.4 Å². The summed E-state index contributed by atoms with van der Waals surface area (Å²) < 4.78 is 5.54. The Morgan fingerprint density at radius 3 is 2.66 bits per heavy atom. The van der Waals surface area contributed by atoms with Crippen LogP contribution in [0.5, 0.6) is 0 Å². The van der Waals surface area contributed by atoms with Gasteiger partial charge in [0.05, 0.1) is 23.3 Å². The van der Waals surface area contributed by atoms with E-state index in [2.05, 4.69) is 10.6 Å². The zero-order valence-electron chi connectivity index (χ0n) is 16.7.